The smallest absolute Gasteiger partial charge is 0.298 e. The summed E-state index contributed by atoms with van der Waals surface area (Å²) in [6.45, 7) is 0.844. The molecule has 0 aliphatic carbocycles. The number of thioether (sulfide) groups is 1. The molecule has 36 heavy (non-hydrogen) atoms. The van der Waals surface area contributed by atoms with E-state index in [1.165, 1.54) is 16.3 Å². The number of carbonyl (C=O) groups is 1. The third-order valence-electron chi connectivity index (χ3n) is 5.89. The first-order valence-electron chi connectivity index (χ1n) is 11.4. The number of ether oxygens (including phenoxy) is 2. The SMILES string of the molecule is O=C(CSc1nc2c(oc3ccccc32)c(=O)n1Cc1ccc2c(c1)OCO2)NCc1ccccc1. The van der Waals surface area contributed by atoms with Crippen molar-refractivity contribution in [3.05, 3.63) is 94.3 Å². The Balaban J connectivity index is 1.32. The molecular formula is C27H21N3O5S. The first kappa shape index (κ1) is 22.2. The van der Waals surface area contributed by atoms with E-state index in [1.807, 2.05) is 72.8 Å². The quantitative estimate of drug-likeness (QED) is 0.263. The lowest BCUT2D eigenvalue weighted by Gasteiger charge is -2.12. The Hall–Kier alpha value is -4.24. The van der Waals surface area contributed by atoms with Gasteiger partial charge in [0.2, 0.25) is 18.3 Å². The summed E-state index contributed by atoms with van der Waals surface area (Å²) in [4.78, 5) is 31.0. The maximum absolute atomic E-state index is 13.6. The minimum atomic E-state index is -0.305. The summed E-state index contributed by atoms with van der Waals surface area (Å²) < 4.78 is 18.3. The predicted octanol–water partition coefficient (Wildman–Crippen LogP) is 4.33. The van der Waals surface area contributed by atoms with Crippen molar-refractivity contribution < 1.29 is 18.7 Å². The molecule has 0 unspecified atom stereocenters. The third-order valence-corrected chi connectivity index (χ3v) is 6.87. The van der Waals surface area contributed by atoms with Gasteiger partial charge in [0.1, 0.15) is 11.1 Å². The molecule has 0 spiro atoms. The van der Waals surface area contributed by atoms with E-state index in [4.69, 9.17) is 18.9 Å². The van der Waals surface area contributed by atoms with Crippen molar-refractivity contribution in [2.45, 2.75) is 18.2 Å². The zero-order valence-electron chi connectivity index (χ0n) is 19.1. The average molecular weight is 500 g/mol. The molecule has 9 heteroatoms. The lowest BCUT2D eigenvalue weighted by molar-refractivity contribution is -0.118. The molecule has 2 aromatic heterocycles. The maximum Gasteiger partial charge on any atom is 0.298 e. The van der Waals surface area contributed by atoms with E-state index < -0.39 is 0 Å². The van der Waals surface area contributed by atoms with Gasteiger partial charge < -0.3 is 19.2 Å². The lowest BCUT2D eigenvalue weighted by Crippen LogP contribution is -2.27. The summed E-state index contributed by atoms with van der Waals surface area (Å²) in [7, 11) is 0. The van der Waals surface area contributed by atoms with Crippen LogP contribution in [0.4, 0.5) is 0 Å². The number of nitrogens with zero attached hydrogens (tertiary/aromatic N) is 2. The van der Waals surface area contributed by atoms with Crippen LogP contribution in [0.25, 0.3) is 22.1 Å². The predicted molar refractivity (Wildman–Crippen MR) is 136 cm³/mol. The number of benzene rings is 3. The summed E-state index contributed by atoms with van der Waals surface area (Å²) >= 11 is 1.22. The number of carbonyl (C=O) groups excluding carboxylic acids is 1. The number of furan rings is 1. The molecular weight excluding hydrogens is 478 g/mol. The molecule has 1 aliphatic rings. The minimum Gasteiger partial charge on any atom is -0.454 e. The van der Waals surface area contributed by atoms with Gasteiger partial charge in [-0.05, 0) is 35.4 Å². The number of nitrogens with one attached hydrogen (secondary N) is 1. The molecule has 1 amide bonds. The molecule has 3 heterocycles. The van der Waals surface area contributed by atoms with Crippen LogP contribution in [0.2, 0.25) is 0 Å². The lowest BCUT2D eigenvalue weighted by atomic mass is 10.2. The van der Waals surface area contributed by atoms with Crippen molar-refractivity contribution in [2.75, 3.05) is 12.5 Å². The van der Waals surface area contributed by atoms with Gasteiger partial charge in [-0.2, -0.15) is 0 Å². The normalized spacial score (nSPS) is 12.3. The number of amides is 1. The van der Waals surface area contributed by atoms with Crippen LogP contribution in [-0.4, -0.2) is 28.0 Å². The molecule has 6 rings (SSSR count). The fraction of sp³-hybridized carbons (Fsp3) is 0.148. The topological polar surface area (TPSA) is 95.6 Å². The monoisotopic (exact) mass is 499 g/mol. The van der Waals surface area contributed by atoms with Crippen molar-refractivity contribution in [2.24, 2.45) is 0 Å². The van der Waals surface area contributed by atoms with Crippen molar-refractivity contribution in [3.63, 3.8) is 0 Å². The van der Waals surface area contributed by atoms with Gasteiger partial charge in [-0.25, -0.2) is 4.98 Å². The maximum atomic E-state index is 13.6. The van der Waals surface area contributed by atoms with Gasteiger partial charge in [-0.1, -0.05) is 60.3 Å². The molecule has 180 valence electrons. The van der Waals surface area contributed by atoms with E-state index in [0.29, 0.717) is 34.3 Å². The van der Waals surface area contributed by atoms with Gasteiger partial charge in [0, 0.05) is 11.9 Å². The van der Waals surface area contributed by atoms with E-state index >= 15 is 0 Å². The Morgan fingerprint density at radius 2 is 1.78 bits per heavy atom. The molecule has 0 atom stereocenters. The number of aromatic nitrogens is 2. The summed E-state index contributed by atoms with van der Waals surface area (Å²) in [6.07, 6.45) is 0. The Morgan fingerprint density at radius 3 is 2.67 bits per heavy atom. The molecule has 0 saturated heterocycles. The van der Waals surface area contributed by atoms with E-state index in [1.54, 1.807) is 0 Å². The van der Waals surface area contributed by atoms with E-state index in [2.05, 4.69) is 5.32 Å². The van der Waals surface area contributed by atoms with E-state index in [9.17, 15) is 9.59 Å². The Labute approximate surface area is 209 Å². The highest BCUT2D eigenvalue weighted by Crippen LogP contribution is 2.33. The van der Waals surface area contributed by atoms with Crippen LogP contribution in [0.1, 0.15) is 11.1 Å². The van der Waals surface area contributed by atoms with Gasteiger partial charge in [-0.3, -0.25) is 14.2 Å². The van der Waals surface area contributed by atoms with Crippen LogP contribution in [0.5, 0.6) is 11.5 Å². The van der Waals surface area contributed by atoms with Gasteiger partial charge in [0.05, 0.1) is 12.3 Å². The second kappa shape index (κ2) is 9.43. The van der Waals surface area contributed by atoms with E-state index in [-0.39, 0.29) is 36.1 Å². The van der Waals surface area contributed by atoms with Crippen molar-refractivity contribution >= 4 is 39.7 Å². The fourth-order valence-electron chi connectivity index (χ4n) is 4.10. The summed E-state index contributed by atoms with van der Waals surface area (Å²) in [6, 6.07) is 22.7. The van der Waals surface area contributed by atoms with Crippen LogP contribution >= 0.6 is 11.8 Å². The first-order valence-corrected chi connectivity index (χ1v) is 12.4. The molecule has 0 fully saturated rings. The largest absolute Gasteiger partial charge is 0.454 e. The van der Waals surface area contributed by atoms with Gasteiger partial charge in [0.15, 0.2) is 16.7 Å². The first-order chi connectivity index (χ1) is 17.7. The number of hydrogen-bond acceptors (Lipinski definition) is 7. The molecule has 0 radical (unpaired) electrons. The Bertz CT molecular complexity index is 1640. The molecule has 3 aromatic carbocycles. The highest BCUT2D eigenvalue weighted by Gasteiger charge is 2.20. The Kier molecular flexibility index (Phi) is 5.82. The molecule has 1 N–H and O–H groups in total. The van der Waals surface area contributed by atoms with Crippen molar-refractivity contribution in [3.8, 4) is 11.5 Å². The van der Waals surface area contributed by atoms with Crippen LogP contribution in [0.3, 0.4) is 0 Å². The van der Waals surface area contributed by atoms with Crippen LogP contribution in [0, 0.1) is 0 Å². The highest BCUT2D eigenvalue weighted by molar-refractivity contribution is 7.99. The third kappa shape index (κ3) is 4.29. The van der Waals surface area contributed by atoms with Crippen LogP contribution in [-0.2, 0) is 17.9 Å². The summed E-state index contributed by atoms with van der Waals surface area (Å²) in [5.41, 5.74) is 2.82. The van der Waals surface area contributed by atoms with Gasteiger partial charge in [0.25, 0.3) is 5.56 Å². The van der Waals surface area contributed by atoms with Gasteiger partial charge >= 0.3 is 0 Å². The molecule has 0 saturated carbocycles. The number of fused-ring (bicyclic) bond motifs is 4. The zero-order chi connectivity index (χ0) is 24.5. The second-order valence-electron chi connectivity index (χ2n) is 8.30. The summed E-state index contributed by atoms with van der Waals surface area (Å²) in [5, 5.41) is 4.12. The number of para-hydroxylation sites is 1. The van der Waals surface area contributed by atoms with Crippen LogP contribution < -0.4 is 20.3 Å². The standard InChI is InChI=1S/C27H21N3O5S/c31-23(28-13-17-6-2-1-3-7-17)15-36-27-29-24-19-8-4-5-9-20(19)35-25(24)26(32)30(27)14-18-10-11-21-22(12-18)34-16-33-21/h1-12H,13-16H2,(H,28,31). The second-order valence-corrected chi connectivity index (χ2v) is 9.24. The molecule has 5 aromatic rings. The number of hydrogen-bond donors (Lipinski definition) is 1. The van der Waals surface area contributed by atoms with E-state index in [0.717, 1.165) is 16.5 Å². The molecule has 1 aliphatic heterocycles. The molecule has 8 nitrogen and oxygen atoms in total. The molecule has 0 bridgehead atoms. The van der Waals surface area contributed by atoms with Crippen molar-refractivity contribution in [1.29, 1.82) is 0 Å². The average Bonchev–Trinajstić information content (AvgIpc) is 3.53. The fourth-order valence-corrected chi connectivity index (χ4v) is 4.92. The van der Waals surface area contributed by atoms with Gasteiger partial charge in [-0.15, -0.1) is 0 Å². The summed E-state index contributed by atoms with van der Waals surface area (Å²) in [5.74, 6) is 1.26. The minimum absolute atomic E-state index is 0.113. The highest BCUT2D eigenvalue weighted by atomic mass is 32.2. The number of rotatable bonds is 7. The Morgan fingerprint density at radius 1 is 0.972 bits per heavy atom. The zero-order valence-corrected chi connectivity index (χ0v) is 19.9. The van der Waals surface area contributed by atoms with Crippen molar-refractivity contribution in [1.82, 2.24) is 14.9 Å². The van der Waals surface area contributed by atoms with Crippen LogP contribution in [0.15, 0.2) is 87.2 Å².